The molecule has 2 atom stereocenters. The molecule has 0 spiro atoms. The minimum absolute atomic E-state index is 0.0900. The number of hydrogen-bond acceptors (Lipinski definition) is 3. The average molecular weight is 292 g/mol. The number of nitrogens with two attached hydrogens (primary N) is 1. The van der Waals surface area contributed by atoms with Gasteiger partial charge < -0.3 is 16.2 Å². The van der Waals surface area contributed by atoms with Crippen LogP contribution in [0.25, 0.3) is 0 Å². The van der Waals surface area contributed by atoms with E-state index in [2.05, 4.69) is 5.32 Å². The van der Waals surface area contributed by atoms with Gasteiger partial charge in [-0.1, -0.05) is 30.3 Å². The van der Waals surface area contributed by atoms with Gasteiger partial charge in [-0.15, -0.1) is 0 Å². The zero-order valence-corrected chi connectivity index (χ0v) is 12.6. The first-order chi connectivity index (χ1) is 9.83. The van der Waals surface area contributed by atoms with Crippen molar-refractivity contribution in [3.8, 4) is 0 Å². The van der Waals surface area contributed by atoms with Crippen molar-refractivity contribution in [2.75, 3.05) is 6.54 Å². The molecule has 1 amide bonds. The van der Waals surface area contributed by atoms with E-state index >= 15 is 0 Å². The van der Waals surface area contributed by atoms with Crippen molar-refractivity contribution in [1.82, 2.24) is 5.32 Å². The van der Waals surface area contributed by atoms with E-state index in [0.29, 0.717) is 25.8 Å². The number of benzene rings is 1. The van der Waals surface area contributed by atoms with Crippen molar-refractivity contribution in [1.29, 1.82) is 0 Å². The third kappa shape index (κ3) is 5.95. The second-order valence-corrected chi connectivity index (χ2v) is 5.67. The van der Waals surface area contributed by atoms with E-state index in [1.165, 1.54) is 6.92 Å². The van der Waals surface area contributed by atoms with Crippen LogP contribution in [0.15, 0.2) is 30.3 Å². The molecule has 0 heterocycles. The maximum atomic E-state index is 11.5. The highest BCUT2D eigenvalue weighted by Gasteiger charge is 2.35. The molecule has 0 aromatic heterocycles. The molecule has 0 fully saturated rings. The van der Waals surface area contributed by atoms with E-state index in [0.717, 1.165) is 5.56 Å². The molecule has 2 unspecified atom stereocenters. The lowest BCUT2D eigenvalue weighted by molar-refractivity contribution is -0.144. The number of carbonyl (C=O) groups is 2. The smallest absolute Gasteiger partial charge is 0.308 e. The summed E-state index contributed by atoms with van der Waals surface area (Å²) in [5.74, 6) is -1.63. The highest BCUT2D eigenvalue weighted by molar-refractivity contribution is 5.73. The van der Waals surface area contributed by atoms with Gasteiger partial charge in [0, 0.05) is 19.0 Å². The maximum Gasteiger partial charge on any atom is 0.308 e. The maximum absolute atomic E-state index is 11.5. The van der Waals surface area contributed by atoms with Crippen LogP contribution in [0.2, 0.25) is 0 Å². The lowest BCUT2D eigenvalue weighted by Gasteiger charge is -2.31. The fourth-order valence-electron chi connectivity index (χ4n) is 2.36. The van der Waals surface area contributed by atoms with Crippen LogP contribution in [0.1, 0.15) is 32.3 Å². The van der Waals surface area contributed by atoms with Gasteiger partial charge in [-0.25, -0.2) is 0 Å². The third-order valence-electron chi connectivity index (χ3n) is 3.64. The fraction of sp³-hybridized carbons (Fsp3) is 0.500. The van der Waals surface area contributed by atoms with E-state index < -0.39 is 17.4 Å². The Labute approximate surface area is 125 Å². The molecule has 0 bridgehead atoms. The molecule has 0 saturated carbocycles. The molecular weight excluding hydrogens is 268 g/mol. The van der Waals surface area contributed by atoms with E-state index in [1.54, 1.807) is 6.92 Å². The van der Waals surface area contributed by atoms with Gasteiger partial charge in [0.1, 0.15) is 0 Å². The van der Waals surface area contributed by atoms with Crippen molar-refractivity contribution < 1.29 is 14.7 Å². The van der Waals surface area contributed by atoms with Gasteiger partial charge in [0.05, 0.1) is 5.92 Å². The molecule has 4 N–H and O–H groups in total. The van der Waals surface area contributed by atoms with Crippen molar-refractivity contribution in [2.24, 2.45) is 11.7 Å². The van der Waals surface area contributed by atoms with E-state index in [9.17, 15) is 14.7 Å². The molecule has 1 aromatic carbocycles. The largest absolute Gasteiger partial charge is 0.481 e. The number of aliphatic carboxylic acids is 1. The van der Waals surface area contributed by atoms with Crippen molar-refractivity contribution in [2.45, 2.75) is 38.6 Å². The highest BCUT2D eigenvalue weighted by atomic mass is 16.4. The lowest BCUT2D eigenvalue weighted by atomic mass is 9.79. The molecule has 21 heavy (non-hydrogen) atoms. The quantitative estimate of drug-likeness (QED) is 0.634. The predicted molar refractivity (Wildman–Crippen MR) is 81.8 cm³/mol. The molecule has 5 heteroatoms. The summed E-state index contributed by atoms with van der Waals surface area (Å²) in [5, 5.41) is 12.2. The summed E-state index contributed by atoms with van der Waals surface area (Å²) in [5.41, 5.74) is 6.38. The Bertz CT molecular complexity index is 472. The highest BCUT2D eigenvalue weighted by Crippen LogP contribution is 2.24. The molecule has 0 aliphatic carbocycles. The standard InChI is InChI=1S/C16H24N2O3/c1-12(19)18-10-6-9-16(2,17)14(15(20)21)11-13-7-4-3-5-8-13/h3-5,7-8,14H,6,9-11,17H2,1-2H3,(H,18,19)(H,20,21). The fourth-order valence-corrected chi connectivity index (χ4v) is 2.36. The van der Waals surface area contributed by atoms with Crippen LogP contribution in [0, 0.1) is 5.92 Å². The number of hydrogen-bond donors (Lipinski definition) is 3. The summed E-state index contributed by atoms with van der Waals surface area (Å²) in [4.78, 5) is 22.4. The minimum Gasteiger partial charge on any atom is -0.481 e. The molecule has 0 aliphatic heterocycles. The van der Waals surface area contributed by atoms with Crippen LogP contribution in [-0.4, -0.2) is 29.1 Å². The van der Waals surface area contributed by atoms with Gasteiger partial charge in [-0.2, -0.15) is 0 Å². The summed E-state index contributed by atoms with van der Waals surface area (Å²) < 4.78 is 0. The number of nitrogens with one attached hydrogen (secondary N) is 1. The molecule has 1 aromatic rings. The van der Waals surface area contributed by atoms with E-state index in [1.807, 2.05) is 30.3 Å². The summed E-state index contributed by atoms with van der Waals surface area (Å²) in [6.45, 7) is 3.74. The zero-order chi connectivity index (χ0) is 15.9. The Hall–Kier alpha value is -1.88. The van der Waals surface area contributed by atoms with Crippen LogP contribution in [0.4, 0.5) is 0 Å². The monoisotopic (exact) mass is 292 g/mol. The minimum atomic E-state index is -0.886. The topological polar surface area (TPSA) is 92.4 Å². The molecule has 116 valence electrons. The Balaban J connectivity index is 2.65. The molecule has 1 rings (SSSR count). The van der Waals surface area contributed by atoms with Gasteiger partial charge in [0.15, 0.2) is 0 Å². The Morgan fingerprint density at radius 3 is 2.48 bits per heavy atom. The molecular formula is C16H24N2O3. The van der Waals surface area contributed by atoms with Gasteiger partial charge in [0.2, 0.25) is 5.91 Å². The van der Waals surface area contributed by atoms with Crippen molar-refractivity contribution >= 4 is 11.9 Å². The number of rotatable bonds is 8. The van der Waals surface area contributed by atoms with Gasteiger partial charge in [-0.05, 0) is 31.7 Å². The SMILES string of the molecule is CC(=O)NCCCC(C)(N)C(Cc1ccccc1)C(=O)O. The normalized spacial score (nSPS) is 15.0. The van der Waals surface area contributed by atoms with E-state index in [-0.39, 0.29) is 5.91 Å². The summed E-state index contributed by atoms with van der Waals surface area (Å²) in [6.07, 6.45) is 1.60. The van der Waals surface area contributed by atoms with Crippen LogP contribution < -0.4 is 11.1 Å². The number of carbonyl (C=O) groups excluding carboxylic acids is 1. The second kappa shape index (κ2) is 7.78. The number of carboxylic acids is 1. The summed E-state index contributed by atoms with van der Waals surface area (Å²) in [6, 6.07) is 9.48. The second-order valence-electron chi connectivity index (χ2n) is 5.67. The van der Waals surface area contributed by atoms with Crippen LogP contribution in [-0.2, 0) is 16.0 Å². The Morgan fingerprint density at radius 1 is 1.33 bits per heavy atom. The summed E-state index contributed by atoms with van der Waals surface area (Å²) >= 11 is 0. The van der Waals surface area contributed by atoms with Gasteiger partial charge in [-0.3, -0.25) is 9.59 Å². The predicted octanol–water partition coefficient (Wildman–Crippen LogP) is 1.56. The number of amides is 1. The first-order valence-electron chi connectivity index (χ1n) is 7.13. The van der Waals surface area contributed by atoms with E-state index in [4.69, 9.17) is 5.73 Å². The average Bonchev–Trinajstić information content (AvgIpc) is 2.41. The Morgan fingerprint density at radius 2 is 1.95 bits per heavy atom. The first-order valence-corrected chi connectivity index (χ1v) is 7.13. The molecule has 0 saturated heterocycles. The third-order valence-corrected chi connectivity index (χ3v) is 3.64. The van der Waals surface area contributed by atoms with Gasteiger partial charge >= 0.3 is 5.97 Å². The molecule has 5 nitrogen and oxygen atoms in total. The Kier molecular flexibility index (Phi) is 6.37. The molecule has 0 aliphatic rings. The van der Waals surface area contributed by atoms with Crippen LogP contribution in [0.3, 0.4) is 0 Å². The van der Waals surface area contributed by atoms with Crippen molar-refractivity contribution in [3.05, 3.63) is 35.9 Å². The molecule has 0 radical (unpaired) electrons. The van der Waals surface area contributed by atoms with Crippen molar-refractivity contribution in [3.63, 3.8) is 0 Å². The number of carboxylic acid groups (broad SMARTS) is 1. The summed E-state index contributed by atoms with van der Waals surface area (Å²) in [7, 11) is 0. The van der Waals surface area contributed by atoms with Gasteiger partial charge in [0.25, 0.3) is 0 Å². The zero-order valence-electron chi connectivity index (χ0n) is 12.6. The van der Waals surface area contributed by atoms with Crippen LogP contribution in [0.5, 0.6) is 0 Å². The first kappa shape index (κ1) is 17.2. The lowest BCUT2D eigenvalue weighted by Crippen LogP contribution is -2.49. The van der Waals surface area contributed by atoms with Crippen LogP contribution >= 0.6 is 0 Å².